The number of likely N-dealkylation sites (tertiary alicyclic amines) is 1. The maximum absolute atomic E-state index is 10.7. The Morgan fingerprint density at radius 2 is 2.33 bits per heavy atom. The minimum atomic E-state index is -0.0169. The molecule has 0 aliphatic carbocycles. The first-order chi connectivity index (χ1) is 4.24. The molecule has 0 saturated carbocycles. The minimum absolute atomic E-state index is 0.0169. The molecule has 1 aliphatic heterocycles. The van der Waals surface area contributed by atoms with Gasteiger partial charge in [-0.3, -0.25) is 4.79 Å². The molecule has 1 saturated heterocycles. The molecule has 2 N–H and O–H groups in total. The van der Waals surface area contributed by atoms with Crippen LogP contribution in [0.4, 0.5) is 0 Å². The van der Waals surface area contributed by atoms with E-state index in [1.54, 1.807) is 4.90 Å². The molecule has 1 amide bonds. The fraction of sp³-hybridized carbons (Fsp3) is 0.500. The van der Waals surface area contributed by atoms with Crippen molar-refractivity contribution in [3.8, 4) is 0 Å². The molecule has 0 aromatic heterocycles. The second-order valence-corrected chi connectivity index (χ2v) is 2.21. The van der Waals surface area contributed by atoms with Crippen molar-refractivity contribution in [3.63, 3.8) is 0 Å². The zero-order valence-corrected chi connectivity index (χ0v) is 5.21. The van der Waals surface area contributed by atoms with Crippen molar-refractivity contribution in [3.05, 3.63) is 12.7 Å². The smallest absolute Gasteiger partial charge is 0.246 e. The van der Waals surface area contributed by atoms with Gasteiger partial charge < -0.3 is 10.6 Å². The molecule has 3 nitrogen and oxygen atoms in total. The van der Waals surface area contributed by atoms with Crippen LogP contribution in [0.2, 0.25) is 0 Å². The number of carbonyl (C=O) groups excluding carboxylic acids is 1. The van der Waals surface area contributed by atoms with Gasteiger partial charge in [0.25, 0.3) is 0 Å². The molecule has 0 aromatic rings. The zero-order chi connectivity index (χ0) is 6.85. The summed E-state index contributed by atoms with van der Waals surface area (Å²) in [5, 5.41) is 0. The molecule has 1 aliphatic rings. The molecular weight excluding hydrogens is 116 g/mol. The average Bonchev–Trinajstić information content (AvgIpc) is 1.79. The third-order valence-electron chi connectivity index (χ3n) is 1.40. The van der Waals surface area contributed by atoms with E-state index in [1.165, 1.54) is 6.08 Å². The molecule has 50 valence electrons. The van der Waals surface area contributed by atoms with Gasteiger partial charge in [0, 0.05) is 19.1 Å². The van der Waals surface area contributed by atoms with Crippen molar-refractivity contribution in [2.24, 2.45) is 5.73 Å². The van der Waals surface area contributed by atoms with Crippen LogP contribution < -0.4 is 5.73 Å². The van der Waals surface area contributed by atoms with Gasteiger partial charge in [-0.05, 0) is 6.08 Å². The molecule has 0 bridgehead atoms. The van der Waals surface area contributed by atoms with Crippen LogP contribution >= 0.6 is 0 Å². The highest BCUT2D eigenvalue weighted by Crippen LogP contribution is 2.04. The van der Waals surface area contributed by atoms with E-state index < -0.39 is 0 Å². The van der Waals surface area contributed by atoms with Crippen LogP contribution in [-0.4, -0.2) is 29.9 Å². The lowest BCUT2D eigenvalue weighted by molar-refractivity contribution is -0.130. The summed E-state index contributed by atoms with van der Waals surface area (Å²) in [7, 11) is 0. The van der Waals surface area contributed by atoms with Gasteiger partial charge in [0.15, 0.2) is 0 Å². The van der Waals surface area contributed by atoms with E-state index in [1.807, 2.05) is 0 Å². The van der Waals surface area contributed by atoms with Gasteiger partial charge in [0.1, 0.15) is 0 Å². The van der Waals surface area contributed by atoms with Crippen molar-refractivity contribution in [1.29, 1.82) is 0 Å². The van der Waals surface area contributed by atoms with Gasteiger partial charge in [-0.15, -0.1) is 0 Å². The van der Waals surface area contributed by atoms with E-state index in [2.05, 4.69) is 6.58 Å². The van der Waals surface area contributed by atoms with Gasteiger partial charge >= 0.3 is 0 Å². The summed E-state index contributed by atoms with van der Waals surface area (Å²) in [5.41, 5.74) is 5.43. The molecule has 1 heterocycles. The van der Waals surface area contributed by atoms with Crippen molar-refractivity contribution in [1.82, 2.24) is 4.90 Å². The summed E-state index contributed by atoms with van der Waals surface area (Å²) < 4.78 is 0. The van der Waals surface area contributed by atoms with Gasteiger partial charge in [0.2, 0.25) is 5.91 Å². The van der Waals surface area contributed by atoms with E-state index in [0.29, 0.717) is 13.1 Å². The summed E-state index contributed by atoms with van der Waals surface area (Å²) in [4.78, 5) is 12.4. The van der Waals surface area contributed by atoms with E-state index in [4.69, 9.17) is 5.73 Å². The predicted molar refractivity (Wildman–Crippen MR) is 34.8 cm³/mol. The van der Waals surface area contributed by atoms with Gasteiger partial charge in [0.05, 0.1) is 0 Å². The van der Waals surface area contributed by atoms with E-state index in [0.717, 1.165) is 0 Å². The van der Waals surface area contributed by atoms with Crippen molar-refractivity contribution < 1.29 is 4.79 Å². The molecule has 1 rings (SSSR count). The molecule has 1 fully saturated rings. The normalized spacial score (nSPS) is 19.0. The van der Waals surface area contributed by atoms with Crippen LogP contribution in [0.15, 0.2) is 12.7 Å². The lowest BCUT2D eigenvalue weighted by Gasteiger charge is -2.35. The highest BCUT2D eigenvalue weighted by molar-refractivity contribution is 5.87. The summed E-state index contributed by atoms with van der Waals surface area (Å²) in [6.07, 6.45) is 1.31. The Morgan fingerprint density at radius 3 is 2.67 bits per heavy atom. The lowest BCUT2D eigenvalue weighted by atomic mass is 10.1. The fourth-order valence-corrected chi connectivity index (χ4v) is 0.822. The average molecular weight is 126 g/mol. The molecule has 0 spiro atoms. The van der Waals surface area contributed by atoms with E-state index in [-0.39, 0.29) is 11.9 Å². The SMILES string of the molecule is C=CC(=O)N1CC(N)C1. The second-order valence-electron chi connectivity index (χ2n) is 2.21. The van der Waals surface area contributed by atoms with Crippen LogP contribution in [0.5, 0.6) is 0 Å². The monoisotopic (exact) mass is 126 g/mol. The largest absolute Gasteiger partial charge is 0.336 e. The third kappa shape index (κ3) is 1.10. The highest BCUT2D eigenvalue weighted by Gasteiger charge is 2.25. The second kappa shape index (κ2) is 2.19. The Bertz CT molecular complexity index is 138. The van der Waals surface area contributed by atoms with Gasteiger partial charge in [-0.1, -0.05) is 6.58 Å². The van der Waals surface area contributed by atoms with Crippen molar-refractivity contribution in [2.45, 2.75) is 6.04 Å². The first-order valence-electron chi connectivity index (χ1n) is 2.91. The molecule has 3 heteroatoms. The van der Waals surface area contributed by atoms with Crippen molar-refractivity contribution in [2.75, 3.05) is 13.1 Å². The number of nitrogens with zero attached hydrogens (tertiary/aromatic N) is 1. The first-order valence-corrected chi connectivity index (χ1v) is 2.91. The molecule has 0 radical (unpaired) electrons. The number of carbonyl (C=O) groups is 1. The molecular formula is C6H10N2O. The zero-order valence-electron chi connectivity index (χ0n) is 5.21. The molecule has 9 heavy (non-hydrogen) atoms. The van der Waals surface area contributed by atoms with Crippen LogP contribution in [0, 0.1) is 0 Å². The van der Waals surface area contributed by atoms with Gasteiger partial charge in [-0.25, -0.2) is 0 Å². The summed E-state index contributed by atoms with van der Waals surface area (Å²) in [6, 6.07) is 0.189. The maximum atomic E-state index is 10.7. The molecule has 0 aromatic carbocycles. The van der Waals surface area contributed by atoms with Gasteiger partial charge in [-0.2, -0.15) is 0 Å². The van der Waals surface area contributed by atoms with Crippen LogP contribution in [0.3, 0.4) is 0 Å². The predicted octanol–water partition coefficient (Wildman–Crippen LogP) is -0.658. The highest BCUT2D eigenvalue weighted by atomic mass is 16.2. The number of nitrogens with two attached hydrogens (primary N) is 1. The fourth-order valence-electron chi connectivity index (χ4n) is 0.822. The Morgan fingerprint density at radius 1 is 1.78 bits per heavy atom. The quantitative estimate of drug-likeness (QED) is 0.474. The standard InChI is InChI=1S/C6H10N2O/c1-2-6(9)8-3-5(7)4-8/h2,5H,1,3-4,7H2. The van der Waals surface area contributed by atoms with Crippen LogP contribution in [-0.2, 0) is 4.79 Å². The Kier molecular flexibility index (Phi) is 1.53. The summed E-state index contributed by atoms with van der Waals surface area (Å²) in [5.74, 6) is -0.0169. The minimum Gasteiger partial charge on any atom is -0.336 e. The summed E-state index contributed by atoms with van der Waals surface area (Å²) in [6.45, 7) is 4.73. The van der Waals surface area contributed by atoms with Crippen LogP contribution in [0.25, 0.3) is 0 Å². The number of hydrogen-bond donors (Lipinski definition) is 1. The number of rotatable bonds is 1. The van der Waals surface area contributed by atoms with Crippen molar-refractivity contribution >= 4 is 5.91 Å². The molecule has 0 atom stereocenters. The topological polar surface area (TPSA) is 46.3 Å². The van der Waals surface area contributed by atoms with Crippen LogP contribution in [0.1, 0.15) is 0 Å². The number of amides is 1. The number of hydrogen-bond acceptors (Lipinski definition) is 2. The lowest BCUT2D eigenvalue weighted by Crippen LogP contribution is -2.57. The van der Waals surface area contributed by atoms with E-state index in [9.17, 15) is 4.79 Å². The maximum Gasteiger partial charge on any atom is 0.246 e. The Balaban J connectivity index is 2.31. The molecule has 0 unspecified atom stereocenters. The first kappa shape index (κ1) is 6.29. The Labute approximate surface area is 54.1 Å². The Hall–Kier alpha value is -0.830. The summed E-state index contributed by atoms with van der Waals surface area (Å²) >= 11 is 0. The third-order valence-corrected chi connectivity index (χ3v) is 1.40. The van der Waals surface area contributed by atoms with E-state index >= 15 is 0 Å².